The predicted molar refractivity (Wildman–Crippen MR) is 112 cm³/mol. The van der Waals surface area contributed by atoms with E-state index >= 15 is 0 Å². The van der Waals surface area contributed by atoms with Crippen LogP contribution in [0, 0.1) is 0 Å². The smallest absolute Gasteiger partial charge is 0.244 e. The van der Waals surface area contributed by atoms with Gasteiger partial charge in [0.2, 0.25) is 10.0 Å². The van der Waals surface area contributed by atoms with Gasteiger partial charge in [0, 0.05) is 27.1 Å². The number of ether oxygens (including phenoxy) is 1. The van der Waals surface area contributed by atoms with Gasteiger partial charge in [-0.25, -0.2) is 8.42 Å². The molecule has 0 saturated carbocycles. The molecular weight excluding hydrogens is 494 g/mol. The molecule has 4 rings (SSSR count). The van der Waals surface area contributed by atoms with Crippen molar-refractivity contribution in [3.8, 4) is 11.5 Å². The molecule has 0 amide bonds. The Kier molecular flexibility index (Phi) is 4.88. The Labute approximate surface area is 175 Å². The molecule has 0 spiro atoms. The molecule has 3 aromatic carbocycles. The molecule has 0 aromatic heterocycles. The highest BCUT2D eigenvalue weighted by molar-refractivity contribution is 9.11. The number of benzene rings is 3. The summed E-state index contributed by atoms with van der Waals surface area (Å²) < 4.78 is 35.5. The molecule has 0 radical (unpaired) electrons. The van der Waals surface area contributed by atoms with Gasteiger partial charge in [-0.1, -0.05) is 52.3 Å². The lowest BCUT2D eigenvalue weighted by molar-refractivity contribution is 0.367. The van der Waals surface area contributed by atoms with Crippen LogP contribution in [-0.2, 0) is 10.0 Å². The summed E-state index contributed by atoms with van der Waals surface area (Å²) in [5, 5.41) is 0. The molecule has 27 heavy (non-hydrogen) atoms. The fraction of sp³-hybridized carbons (Fsp3) is 0.100. The van der Waals surface area contributed by atoms with Crippen LogP contribution in [-0.4, -0.2) is 19.8 Å². The normalized spacial score (nSPS) is 13.8. The molecule has 1 aliphatic heterocycles. The molecule has 0 saturated heterocycles. The maximum atomic E-state index is 13.5. The van der Waals surface area contributed by atoms with Crippen LogP contribution in [0.2, 0.25) is 0 Å². The molecule has 0 aliphatic carbocycles. The van der Waals surface area contributed by atoms with Crippen molar-refractivity contribution in [1.29, 1.82) is 0 Å². The van der Waals surface area contributed by atoms with E-state index in [-0.39, 0.29) is 4.90 Å². The highest BCUT2D eigenvalue weighted by Gasteiger charge is 2.37. The molecule has 0 atom stereocenters. The Bertz CT molecular complexity index is 1090. The van der Waals surface area contributed by atoms with Crippen molar-refractivity contribution >= 4 is 41.9 Å². The first-order chi connectivity index (χ1) is 12.9. The highest BCUT2D eigenvalue weighted by Crippen LogP contribution is 2.46. The lowest BCUT2D eigenvalue weighted by atomic mass is 9.95. The standard InChI is InChI=1S/C20H15Br2NO3S/c1-23(27(24,25)19-12-13(21)10-11-16(19)22)20-14-6-2-4-8-17(14)26-18-9-5-3-7-15(18)20/h2-12,20H,1H3. The van der Waals surface area contributed by atoms with Crippen LogP contribution in [0.15, 0.2) is 80.6 Å². The van der Waals surface area contributed by atoms with Gasteiger partial charge in [0.1, 0.15) is 11.5 Å². The van der Waals surface area contributed by atoms with Gasteiger partial charge in [-0.05, 0) is 46.3 Å². The van der Waals surface area contributed by atoms with Gasteiger partial charge in [-0.2, -0.15) is 4.31 Å². The van der Waals surface area contributed by atoms with Gasteiger partial charge in [-0.15, -0.1) is 0 Å². The number of sulfonamides is 1. The van der Waals surface area contributed by atoms with Crippen molar-refractivity contribution in [2.45, 2.75) is 10.9 Å². The van der Waals surface area contributed by atoms with Crippen LogP contribution in [0.5, 0.6) is 11.5 Å². The lowest BCUT2D eigenvalue weighted by Gasteiger charge is -2.34. The first-order valence-corrected chi connectivity index (χ1v) is 11.2. The van der Waals surface area contributed by atoms with Crippen molar-refractivity contribution in [1.82, 2.24) is 4.31 Å². The van der Waals surface area contributed by atoms with Gasteiger partial charge >= 0.3 is 0 Å². The Morgan fingerprint density at radius 2 is 1.44 bits per heavy atom. The Balaban J connectivity index is 1.89. The third-order valence-electron chi connectivity index (χ3n) is 4.56. The molecule has 1 aliphatic rings. The maximum Gasteiger partial charge on any atom is 0.244 e. The maximum absolute atomic E-state index is 13.5. The Morgan fingerprint density at radius 3 is 2.04 bits per heavy atom. The van der Waals surface area contributed by atoms with Crippen LogP contribution < -0.4 is 4.74 Å². The van der Waals surface area contributed by atoms with E-state index in [4.69, 9.17) is 4.74 Å². The first kappa shape index (κ1) is 18.7. The second-order valence-corrected chi connectivity index (χ2v) is 9.91. The average molecular weight is 509 g/mol. The van der Waals surface area contributed by atoms with Gasteiger partial charge in [-0.3, -0.25) is 0 Å². The summed E-state index contributed by atoms with van der Waals surface area (Å²) in [4.78, 5) is 0.209. The van der Waals surface area contributed by atoms with Gasteiger partial charge < -0.3 is 4.74 Å². The third-order valence-corrected chi connectivity index (χ3v) is 7.87. The van der Waals surface area contributed by atoms with E-state index in [9.17, 15) is 8.42 Å². The fourth-order valence-electron chi connectivity index (χ4n) is 3.25. The Morgan fingerprint density at radius 1 is 0.889 bits per heavy atom. The molecule has 0 N–H and O–H groups in total. The number of rotatable bonds is 3. The number of halogens is 2. The van der Waals surface area contributed by atoms with Crippen LogP contribution in [0.4, 0.5) is 0 Å². The summed E-state index contributed by atoms with van der Waals surface area (Å²) in [6.45, 7) is 0. The minimum atomic E-state index is -3.78. The summed E-state index contributed by atoms with van der Waals surface area (Å²) in [7, 11) is -2.17. The van der Waals surface area contributed by atoms with Crippen molar-refractivity contribution in [3.63, 3.8) is 0 Å². The number of nitrogens with zero attached hydrogens (tertiary/aromatic N) is 1. The van der Waals surface area contributed by atoms with Crippen molar-refractivity contribution in [3.05, 3.63) is 86.8 Å². The van der Waals surface area contributed by atoms with E-state index in [0.717, 1.165) is 11.1 Å². The molecule has 138 valence electrons. The van der Waals surface area contributed by atoms with Crippen molar-refractivity contribution in [2.24, 2.45) is 0 Å². The van der Waals surface area contributed by atoms with E-state index in [2.05, 4.69) is 31.9 Å². The van der Waals surface area contributed by atoms with Crippen molar-refractivity contribution in [2.75, 3.05) is 7.05 Å². The van der Waals surface area contributed by atoms with Crippen LogP contribution >= 0.6 is 31.9 Å². The van der Waals surface area contributed by atoms with E-state index in [1.165, 1.54) is 4.31 Å². The fourth-order valence-corrected chi connectivity index (χ4v) is 6.02. The summed E-state index contributed by atoms with van der Waals surface area (Å²) in [5.41, 5.74) is 1.63. The molecule has 7 heteroatoms. The van der Waals surface area contributed by atoms with Gasteiger partial charge in [0.25, 0.3) is 0 Å². The topological polar surface area (TPSA) is 46.6 Å². The SMILES string of the molecule is CN(C1c2ccccc2Oc2ccccc21)S(=O)(=O)c1cc(Br)ccc1Br. The number of hydrogen-bond acceptors (Lipinski definition) is 3. The van der Waals surface area contributed by atoms with Crippen LogP contribution in [0.25, 0.3) is 0 Å². The van der Waals surface area contributed by atoms with E-state index in [1.54, 1.807) is 25.2 Å². The van der Waals surface area contributed by atoms with E-state index < -0.39 is 16.1 Å². The molecular formula is C20H15Br2NO3S. The zero-order valence-electron chi connectivity index (χ0n) is 14.3. The quantitative estimate of drug-likeness (QED) is 0.454. The van der Waals surface area contributed by atoms with Crippen LogP contribution in [0.3, 0.4) is 0 Å². The second kappa shape index (κ2) is 7.05. The zero-order valence-corrected chi connectivity index (χ0v) is 18.3. The van der Waals surface area contributed by atoms with Gasteiger partial charge in [0.15, 0.2) is 0 Å². The largest absolute Gasteiger partial charge is 0.457 e. The van der Waals surface area contributed by atoms with Crippen LogP contribution in [0.1, 0.15) is 17.2 Å². The minimum absolute atomic E-state index is 0.209. The average Bonchev–Trinajstić information content (AvgIpc) is 2.67. The summed E-state index contributed by atoms with van der Waals surface area (Å²) in [6, 6.07) is 19.7. The third kappa shape index (κ3) is 3.23. The number of fused-ring (bicyclic) bond motifs is 2. The minimum Gasteiger partial charge on any atom is -0.457 e. The zero-order chi connectivity index (χ0) is 19.2. The summed E-state index contributed by atoms with van der Waals surface area (Å²) in [5.74, 6) is 1.33. The van der Waals surface area contributed by atoms with E-state index in [0.29, 0.717) is 20.4 Å². The molecule has 0 fully saturated rings. The first-order valence-electron chi connectivity index (χ1n) is 8.18. The van der Waals surface area contributed by atoms with E-state index in [1.807, 2.05) is 48.5 Å². The second-order valence-electron chi connectivity index (χ2n) is 6.18. The monoisotopic (exact) mass is 507 g/mol. The molecule has 0 unspecified atom stereocenters. The molecule has 4 nitrogen and oxygen atoms in total. The van der Waals surface area contributed by atoms with Crippen molar-refractivity contribution < 1.29 is 13.2 Å². The molecule has 3 aromatic rings. The van der Waals surface area contributed by atoms with Gasteiger partial charge in [0.05, 0.1) is 10.9 Å². The lowest BCUT2D eigenvalue weighted by Crippen LogP contribution is -2.33. The molecule has 1 heterocycles. The predicted octanol–water partition coefficient (Wildman–Crippen LogP) is 5.73. The molecule has 0 bridgehead atoms. The number of hydrogen-bond donors (Lipinski definition) is 0. The summed E-state index contributed by atoms with van der Waals surface area (Å²) >= 11 is 6.73. The number of para-hydroxylation sites is 2. The highest BCUT2D eigenvalue weighted by atomic mass is 79.9. The Hall–Kier alpha value is -1.67. The summed E-state index contributed by atoms with van der Waals surface area (Å²) in [6.07, 6.45) is 0.